The van der Waals surface area contributed by atoms with Gasteiger partial charge >= 0.3 is 160 Å². The summed E-state index contributed by atoms with van der Waals surface area (Å²) in [5.74, 6) is -0.537. The zero-order chi connectivity index (χ0) is 18.9. The van der Waals surface area contributed by atoms with E-state index >= 15 is 0 Å². The molecule has 0 aliphatic rings. The Balaban J connectivity index is 2.88. The quantitative estimate of drug-likeness (QED) is 0.425. The molecule has 0 N–H and O–H groups in total. The SMILES string of the molecule is CCCCC(=O)OI(OC(=O)CCCC)c1ccc(C(C)(C)C)cc1. The summed E-state index contributed by atoms with van der Waals surface area (Å²) in [4.78, 5) is 24.1. The van der Waals surface area contributed by atoms with Gasteiger partial charge in [-0.3, -0.25) is 0 Å². The first-order chi connectivity index (χ1) is 11.8. The van der Waals surface area contributed by atoms with Crippen LogP contribution in [0, 0.1) is 3.57 Å². The van der Waals surface area contributed by atoms with E-state index in [4.69, 9.17) is 6.13 Å². The van der Waals surface area contributed by atoms with Crippen LogP contribution in [0.5, 0.6) is 0 Å². The first kappa shape index (κ1) is 21.9. The molecule has 0 aliphatic heterocycles. The van der Waals surface area contributed by atoms with Gasteiger partial charge in [0.2, 0.25) is 0 Å². The number of carbonyl (C=O) groups excluding carboxylic acids is 2. The molecule has 5 heteroatoms. The average Bonchev–Trinajstić information content (AvgIpc) is 2.57. The van der Waals surface area contributed by atoms with E-state index in [2.05, 4.69) is 20.8 Å². The summed E-state index contributed by atoms with van der Waals surface area (Å²) >= 11 is -2.77. The maximum absolute atomic E-state index is 12.0. The molecule has 1 aromatic carbocycles. The molecule has 0 heterocycles. The predicted molar refractivity (Wildman–Crippen MR) is 109 cm³/mol. The number of halogens is 1. The van der Waals surface area contributed by atoms with Gasteiger partial charge in [0.15, 0.2) is 0 Å². The van der Waals surface area contributed by atoms with Gasteiger partial charge in [-0.15, -0.1) is 0 Å². The van der Waals surface area contributed by atoms with Crippen LogP contribution in [0.25, 0.3) is 0 Å². The monoisotopic (exact) mass is 462 g/mol. The van der Waals surface area contributed by atoms with Gasteiger partial charge in [-0.2, -0.15) is 0 Å². The van der Waals surface area contributed by atoms with E-state index in [0.717, 1.165) is 29.3 Å². The maximum atomic E-state index is 12.0. The molecule has 0 spiro atoms. The molecule has 0 radical (unpaired) electrons. The Hall–Kier alpha value is -1.11. The normalized spacial score (nSPS) is 11.8. The number of hydrogen-bond acceptors (Lipinski definition) is 4. The molecule has 0 amide bonds. The van der Waals surface area contributed by atoms with E-state index in [1.165, 1.54) is 5.56 Å². The molecule has 0 unspecified atom stereocenters. The van der Waals surface area contributed by atoms with Gasteiger partial charge in [0, 0.05) is 0 Å². The van der Waals surface area contributed by atoms with Crippen molar-refractivity contribution >= 4 is 32.6 Å². The molecule has 0 atom stereocenters. The van der Waals surface area contributed by atoms with Crippen LogP contribution in [0.2, 0.25) is 0 Å². The molecule has 0 aromatic heterocycles. The minimum absolute atomic E-state index is 0.0488. The molecular formula is C20H31IO4. The van der Waals surface area contributed by atoms with Gasteiger partial charge in [-0.05, 0) is 0 Å². The van der Waals surface area contributed by atoms with Gasteiger partial charge in [0.1, 0.15) is 0 Å². The van der Waals surface area contributed by atoms with Crippen LogP contribution < -0.4 is 0 Å². The van der Waals surface area contributed by atoms with Gasteiger partial charge in [0.25, 0.3) is 0 Å². The van der Waals surface area contributed by atoms with E-state index in [0.29, 0.717) is 12.8 Å². The van der Waals surface area contributed by atoms with E-state index in [1.54, 1.807) is 0 Å². The van der Waals surface area contributed by atoms with Crippen LogP contribution in [0.4, 0.5) is 0 Å². The first-order valence-corrected chi connectivity index (χ1v) is 11.8. The standard InChI is InChI=1S/C20H31IO4/c1-6-8-10-18(22)24-21(25-19(23)11-9-7-2)17-14-12-16(13-15-17)20(3,4)5/h12-15H,6-11H2,1-5H3. The Labute approximate surface area is 160 Å². The minimum atomic E-state index is -2.77. The van der Waals surface area contributed by atoms with Crippen molar-refractivity contribution in [2.24, 2.45) is 0 Å². The second-order valence-corrected chi connectivity index (χ2v) is 10.4. The fourth-order valence-electron chi connectivity index (χ4n) is 2.03. The van der Waals surface area contributed by atoms with Crippen LogP contribution in [-0.2, 0) is 21.1 Å². The molecule has 25 heavy (non-hydrogen) atoms. The molecule has 0 bridgehead atoms. The number of unbranched alkanes of at least 4 members (excludes halogenated alkanes) is 2. The molecule has 1 rings (SSSR count). The van der Waals surface area contributed by atoms with Gasteiger partial charge in [-0.25, -0.2) is 0 Å². The van der Waals surface area contributed by atoms with Gasteiger partial charge in [0.05, 0.1) is 0 Å². The van der Waals surface area contributed by atoms with Crippen molar-refractivity contribution in [1.82, 2.24) is 0 Å². The molecule has 0 saturated carbocycles. The Bertz CT molecular complexity index is 524. The second-order valence-electron chi connectivity index (χ2n) is 7.08. The van der Waals surface area contributed by atoms with Crippen molar-refractivity contribution in [3.63, 3.8) is 0 Å². The molecular weight excluding hydrogens is 431 g/mol. The van der Waals surface area contributed by atoms with Gasteiger partial charge < -0.3 is 0 Å². The van der Waals surface area contributed by atoms with Crippen LogP contribution in [0.3, 0.4) is 0 Å². The van der Waals surface area contributed by atoms with Crippen LogP contribution in [0.1, 0.15) is 78.7 Å². The third-order valence-corrected chi connectivity index (χ3v) is 7.19. The number of benzene rings is 1. The van der Waals surface area contributed by atoms with E-state index in [1.807, 2.05) is 38.1 Å². The van der Waals surface area contributed by atoms with Crippen molar-refractivity contribution in [2.45, 2.75) is 78.6 Å². The summed E-state index contributed by atoms with van der Waals surface area (Å²) in [5.41, 5.74) is 1.24. The molecule has 0 saturated heterocycles. The number of carbonyl (C=O) groups is 2. The van der Waals surface area contributed by atoms with Crippen LogP contribution in [0.15, 0.2) is 24.3 Å². The van der Waals surface area contributed by atoms with Gasteiger partial charge in [-0.1, -0.05) is 0 Å². The topological polar surface area (TPSA) is 52.6 Å². The average molecular weight is 462 g/mol. The van der Waals surface area contributed by atoms with Crippen LogP contribution >= 0.6 is 20.6 Å². The Morgan fingerprint density at radius 1 is 0.880 bits per heavy atom. The van der Waals surface area contributed by atoms with E-state index in [9.17, 15) is 9.59 Å². The number of hydrogen-bond donors (Lipinski definition) is 0. The van der Waals surface area contributed by atoms with Crippen molar-refractivity contribution < 1.29 is 15.7 Å². The zero-order valence-corrected chi connectivity index (χ0v) is 18.2. The molecule has 0 aliphatic carbocycles. The fourth-order valence-corrected chi connectivity index (χ4v) is 4.91. The summed E-state index contributed by atoms with van der Waals surface area (Å²) in [6.07, 6.45) is 4.18. The predicted octanol–water partition coefficient (Wildman–Crippen LogP) is 5.96. The number of rotatable bonds is 9. The molecule has 4 nitrogen and oxygen atoms in total. The Morgan fingerprint density at radius 3 is 1.68 bits per heavy atom. The molecule has 0 fully saturated rings. The first-order valence-electron chi connectivity index (χ1n) is 9.01. The van der Waals surface area contributed by atoms with Crippen molar-refractivity contribution in [3.05, 3.63) is 33.4 Å². The summed E-state index contributed by atoms with van der Waals surface area (Å²) in [7, 11) is 0. The summed E-state index contributed by atoms with van der Waals surface area (Å²) < 4.78 is 12.0. The Kier molecular flexibility index (Phi) is 9.46. The van der Waals surface area contributed by atoms with E-state index in [-0.39, 0.29) is 17.4 Å². The van der Waals surface area contributed by atoms with Crippen LogP contribution in [-0.4, -0.2) is 11.9 Å². The summed E-state index contributed by atoms with van der Waals surface area (Å²) in [6.45, 7) is 10.5. The third kappa shape index (κ3) is 8.21. The molecule has 1 aromatic rings. The fraction of sp³-hybridized carbons (Fsp3) is 0.600. The Morgan fingerprint density at radius 2 is 1.32 bits per heavy atom. The van der Waals surface area contributed by atoms with Crippen molar-refractivity contribution in [1.29, 1.82) is 0 Å². The summed E-state index contributed by atoms with van der Waals surface area (Å²) in [6, 6.07) is 7.93. The summed E-state index contributed by atoms with van der Waals surface area (Å²) in [5, 5.41) is 0. The van der Waals surface area contributed by atoms with E-state index < -0.39 is 20.6 Å². The zero-order valence-electron chi connectivity index (χ0n) is 16.1. The second kappa shape index (κ2) is 10.8. The molecule has 142 valence electrons. The third-order valence-electron chi connectivity index (χ3n) is 3.67. The van der Waals surface area contributed by atoms with Crippen molar-refractivity contribution in [3.8, 4) is 0 Å². The van der Waals surface area contributed by atoms with Crippen molar-refractivity contribution in [2.75, 3.05) is 0 Å².